The van der Waals surface area contributed by atoms with Crippen molar-refractivity contribution in [2.24, 2.45) is 0 Å². The summed E-state index contributed by atoms with van der Waals surface area (Å²) >= 11 is 0. The van der Waals surface area contributed by atoms with Gasteiger partial charge in [-0.2, -0.15) is 18.3 Å². The van der Waals surface area contributed by atoms with E-state index < -0.39 is 16.8 Å². The second-order valence-electron chi connectivity index (χ2n) is 4.77. The first kappa shape index (κ1) is 13.5. The summed E-state index contributed by atoms with van der Waals surface area (Å²) in [7, 11) is 0. The largest absolute Gasteiger partial charge is 0.435 e. The summed E-state index contributed by atoms with van der Waals surface area (Å²) in [6.45, 7) is 0. The molecule has 0 aliphatic heterocycles. The van der Waals surface area contributed by atoms with Crippen molar-refractivity contribution in [2.75, 3.05) is 0 Å². The summed E-state index contributed by atoms with van der Waals surface area (Å²) in [6, 6.07) is 3.49. The number of alkyl halides is 3. The van der Waals surface area contributed by atoms with Crippen molar-refractivity contribution in [1.82, 2.24) is 14.8 Å². The van der Waals surface area contributed by atoms with Gasteiger partial charge in [0.1, 0.15) is 6.20 Å². The van der Waals surface area contributed by atoms with Gasteiger partial charge in [-0.3, -0.25) is 10.1 Å². The molecular formula is C12H9F3N4O2. The predicted octanol–water partition coefficient (Wildman–Crippen LogP) is 3.07. The number of nitro groups is 1. The molecule has 2 aromatic heterocycles. The normalized spacial score (nSPS) is 15.2. The van der Waals surface area contributed by atoms with Gasteiger partial charge in [0, 0.05) is 17.7 Å². The molecular weight excluding hydrogens is 289 g/mol. The summed E-state index contributed by atoms with van der Waals surface area (Å²) in [5, 5.41) is 14.1. The molecule has 110 valence electrons. The lowest BCUT2D eigenvalue weighted by molar-refractivity contribution is -0.385. The van der Waals surface area contributed by atoms with Gasteiger partial charge < -0.3 is 0 Å². The zero-order valence-electron chi connectivity index (χ0n) is 10.5. The van der Waals surface area contributed by atoms with Crippen molar-refractivity contribution in [2.45, 2.75) is 24.9 Å². The van der Waals surface area contributed by atoms with Crippen LogP contribution in [0.1, 0.15) is 30.1 Å². The monoisotopic (exact) mass is 298 g/mol. The minimum absolute atomic E-state index is 0.0330. The summed E-state index contributed by atoms with van der Waals surface area (Å²) < 4.78 is 39.4. The Kier molecular flexibility index (Phi) is 2.92. The highest BCUT2D eigenvalue weighted by Gasteiger charge is 2.38. The van der Waals surface area contributed by atoms with Gasteiger partial charge in [0.25, 0.3) is 5.69 Å². The van der Waals surface area contributed by atoms with Gasteiger partial charge in [-0.25, -0.2) is 9.67 Å². The summed E-state index contributed by atoms with van der Waals surface area (Å²) in [4.78, 5) is 13.8. The minimum Gasteiger partial charge on any atom is -0.258 e. The number of aromatic nitrogens is 3. The molecule has 0 saturated heterocycles. The van der Waals surface area contributed by atoms with Gasteiger partial charge in [0.15, 0.2) is 11.5 Å². The Hall–Kier alpha value is -2.45. The maximum absolute atomic E-state index is 12.8. The highest BCUT2D eigenvalue weighted by Crippen LogP contribution is 2.42. The molecule has 0 spiro atoms. The van der Waals surface area contributed by atoms with E-state index in [0.29, 0.717) is 5.69 Å². The molecule has 0 amide bonds. The van der Waals surface area contributed by atoms with E-state index in [2.05, 4.69) is 10.1 Å². The predicted molar refractivity (Wildman–Crippen MR) is 65.0 cm³/mol. The summed E-state index contributed by atoms with van der Waals surface area (Å²) in [6.07, 6.45) is -1.93. The van der Waals surface area contributed by atoms with Crippen LogP contribution in [0.5, 0.6) is 0 Å². The first-order valence-electron chi connectivity index (χ1n) is 6.14. The average molecular weight is 298 g/mol. The van der Waals surface area contributed by atoms with E-state index in [-0.39, 0.29) is 17.4 Å². The molecule has 1 fully saturated rings. The van der Waals surface area contributed by atoms with Gasteiger partial charge in [-0.1, -0.05) is 0 Å². The highest BCUT2D eigenvalue weighted by molar-refractivity contribution is 5.36. The number of pyridine rings is 1. The first-order valence-corrected chi connectivity index (χ1v) is 6.14. The van der Waals surface area contributed by atoms with E-state index in [1.165, 1.54) is 12.1 Å². The van der Waals surface area contributed by atoms with Crippen LogP contribution in [-0.4, -0.2) is 19.7 Å². The van der Waals surface area contributed by atoms with Gasteiger partial charge in [0.05, 0.1) is 4.92 Å². The number of rotatable bonds is 3. The van der Waals surface area contributed by atoms with Gasteiger partial charge >= 0.3 is 6.18 Å². The maximum atomic E-state index is 12.8. The average Bonchev–Trinajstić information content (AvgIpc) is 3.16. The lowest BCUT2D eigenvalue weighted by Gasteiger charge is -2.05. The van der Waals surface area contributed by atoms with Crippen LogP contribution in [0, 0.1) is 10.1 Å². The molecule has 3 rings (SSSR count). The number of nitrogens with zero attached hydrogens (tertiary/aromatic N) is 4. The van der Waals surface area contributed by atoms with Crippen LogP contribution < -0.4 is 0 Å². The molecule has 0 unspecified atom stereocenters. The Morgan fingerprint density at radius 2 is 2.05 bits per heavy atom. The van der Waals surface area contributed by atoms with Crippen molar-refractivity contribution in [3.05, 3.63) is 45.9 Å². The smallest absolute Gasteiger partial charge is 0.258 e. The molecule has 0 bridgehead atoms. The van der Waals surface area contributed by atoms with Crippen LogP contribution in [0.3, 0.4) is 0 Å². The van der Waals surface area contributed by atoms with Crippen LogP contribution in [0.25, 0.3) is 5.82 Å². The second-order valence-corrected chi connectivity index (χ2v) is 4.77. The van der Waals surface area contributed by atoms with Crippen molar-refractivity contribution in [1.29, 1.82) is 0 Å². The van der Waals surface area contributed by atoms with E-state index in [1.807, 2.05) is 0 Å². The molecule has 2 aromatic rings. The molecule has 2 heterocycles. The Morgan fingerprint density at radius 3 is 2.52 bits per heavy atom. The number of hydrogen-bond donors (Lipinski definition) is 0. The molecule has 0 atom stereocenters. The van der Waals surface area contributed by atoms with Crippen LogP contribution in [0.2, 0.25) is 0 Å². The van der Waals surface area contributed by atoms with Gasteiger partial charge in [0.2, 0.25) is 0 Å². The Morgan fingerprint density at radius 1 is 1.33 bits per heavy atom. The van der Waals surface area contributed by atoms with Gasteiger partial charge in [-0.15, -0.1) is 0 Å². The van der Waals surface area contributed by atoms with Crippen LogP contribution in [0.15, 0.2) is 24.4 Å². The number of halogens is 3. The quantitative estimate of drug-likeness (QED) is 0.644. The molecule has 9 heteroatoms. The van der Waals surface area contributed by atoms with E-state index in [1.54, 1.807) is 0 Å². The van der Waals surface area contributed by atoms with E-state index >= 15 is 0 Å². The van der Waals surface area contributed by atoms with Crippen LogP contribution in [-0.2, 0) is 6.18 Å². The molecule has 1 aliphatic carbocycles. The zero-order chi connectivity index (χ0) is 15.2. The summed E-state index contributed by atoms with van der Waals surface area (Å²) in [5.74, 6) is 0.170. The van der Waals surface area contributed by atoms with Crippen LogP contribution in [0.4, 0.5) is 18.9 Å². The molecule has 1 saturated carbocycles. The Balaban J connectivity index is 2.04. The third-order valence-corrected chi connectivity index (χ3v) is 3.18. The van der Waals surface area contributed by atoms with E-state index in [4.69, 9.17) is 0 Å². The van der Waals surface area contributed by atoms with Crippen molar-refractivity contribution in [3.63, 3.8) is 0 Å². The maximum Gasteiger partial charge on any atom is 0.435 e. The standard InChI is InChI=1S/C12H9F3N4O2/c13-12(14,15)10-5-9(7-1-2-7)18(17-10)11-4-3-8(6-16-11)19(20)21/h3-7H,1-2H2. The fraction of sp³-hybridized carbons (Fsp3) is 0.333. The third kappa shape index (κ3) is 2.58. The molecule has 1 aliphatic rings. The fourth-order valence-corrected chi connectivity index (χ4v) is 2.00. The Labute approximate surface area is 116 Å². The zero-order valence-corrected chi connectivity index (χ0v) is 10.5. The van der Waals surface area contributed by atoms with Crippen molar-refractivity contribution >= 4 is 5.69 Å². The molecule has 0 N–H and O–H groups in total. The summed E-state index contributed by atoms with van der Waals surface area (Å²) in [5.41, 5.74) is -0.775. The topological polar surface area (TPSA) is 73.8 Å². The third-order valence-electron chi connectivity index (χ3n) is 3.18. The Bertz CT molecular complexity index is 690. The molecule has 0 radical (unpaired) electrons. The van der Waals surface area contributed by atoms with Gasteiger partial charge in [-0.05, 0) is 25.0 Å². The first-order chi connectivity index (χ1) is 9.86. The lowest BCUT2D eigenvalue weighted by atomic mass is 10.2. The van der Waals surface area contributed by atoms with E-state index in [9.17, 15) is 23.3 Å². The highest BCUT2D eigenvalue weighted by atomic mass is 19.4. The molecule has 0 aromatic carbocycles. The molecule has 21 heavy (non-hydrogen) atoms. The molecule has 6 nitrogen and oxygen atoms in total. The second kappa shape index (κ2) is 4.54. The minimum atomic E-state index is -4.53. The number of hydrogen-bond acceptors (Lipinski definition) is 4. The van der Waals surface area contributed by atoms with Crippen LogP contribution >= 0.6 is 0 Å². The lowest BCUT2D eigenvalue weighted by Crippen LogP contribution is -2.08. The van der Waals surface area contributed by atoms with Crippen molar-refractivity contribution in [3.8, 4) is 5.82 Å². The van der Waals surface area contributed by atoms with E-state index in [0.717, 1.165) is 29.8 Å². The fourth-order valence-electron chi connectivity index (χ4n) is 2.00. The van der Waals surface area contributed by atoms with Crippen molar-refractivity contribution < 1.29 is 18.1 Å². The SMILES string of the molecule is O=[N+]([O-])c1ccc(-n2nc(C(F)(F)F)cc2C2CC2)nc1.